The number of hydrogen-bond acceptors (Lipinski definition) is 4. The fourth-order valence-electron chi connectivity index (χ4n) is 7.17. The third kappa shape index (κ3) is 6.15. The van der Waals surface area contributed by atoms with Crippen molar-refractivity contribution < 1.29 is 0 Å². The SMILES string of the molecule is [B]c1c([B])c([B])c2c(sc3c([B])c([B])c(-c4cccc(-c5ccc(-c6nc(-c7ccccc7)nc(-c7ccc(-c8ccccc8)cc7)n6)cc5)c4)c([B])c32)c1[B]. The number of aromatic nitrogens is 3. The summed E-state index contributed by atoms with van der Waals surface area (Å²) in [6.45, 7) is 0. The first-order valence-electron chi connectivity index (χ1n) is 17.8. The third-order valence-corrected chi connectivity index (χ3v) is 11.4. The third-order valence-electron chi connectivity index (χ3n) is 10.2. The highest BCUT2D eigenvalue weighted by Crippen LogP contribution is 2.33. The Morgan fingerprint density at radius 2 is 0.679 bits per heavy atom. The first kappa shape index (κ1) is 35.9. The number of hydrogen-bond donors (Lipinski definition) is 0. The van der Waals surface area contributed by atoms with Crippen LogP contribution in [0.25, 0.3) is 87.7 Å². The van der Waals surface area contributed by atoms with Gasteiger partial charge < -0.3 is 0 Å². The van der Waals surface area contributed by atoms with E-state index in [1.807, 2.05) is 109 Å². The van der Waals surface area contributed by atoms with Gasteiger partial charge in [-0.05, 0) is 50.2 Å². The number of benzene rings is 7. The van der Waals surface area contributed by atoms with E-state index in [-0.39, 0.29) is 10.9 Å². The Hall–Kier alpha value is -5.78. The molecule has 9 aromatic rings. The number of thiophene rings is 1. The van der Waals surface area contributed by atoms with Gasteiger partial charge in [0.1, 0.15) is 54.9 Å². The number of rotatable bonds is 6. The molecule has 0 aliphatic heterocycles. The summed E-state index contributed by atoms with van der Waals surface area (Å²) in [5.41, 5.74) is 10.5. The van der Waals surface area contributed by atoms with Crippen LogP contribution in [0.4, 0.5) is 0 Å². The molecule has 0 amide bonds. The monoisotopic (exact) mass is 713 g/mol. The van der Waals surface area contributed by atoms with Crippen LogP contribution in [0.3, 0.4) is 0 Å². The van der Waals surface area contributed by atoms with Crippen molar-refractivity contribution in [2.75, 3.05) is 0 Å². The lowest BCUT2D eigenvalue weighted by molar-refractivity contribution is 1.07. The van der Waals surface area contributed by atoms with Gasteiger partial charge in [-0.2, -0.15) is 0 Å². The molecule has 56 heavy (non-hydrogen) atoms. The average molecular weight is 712 g/mol. The minimum Gasteiger partial charge on any atom is -0.208 e. The Kier molecular flexibility index (Phi) is 9.22. The van der Waals surface area contributed by atoms with Crippen molar-refractivity contribution in [3.63, 3.8) is 0 Å². The second kappa shape index (κ2) is 14.4. The molecule has 0 spiro atoms. The lowest BCUT2D eigenvalue weighted by Crippen LogP contribution is -2.47. The van der Waals surface area contributed by atoms with Crippen molar-refractivity contribution in [2.45, 2.75) is 0 Å². The maximum absolute atomic E-state index is 6.94. The van der Waals surface area contributed by atoms with Crippen LogP contribution >= 0.6 is 11.3 Å². The van der Waals surface area contributed by atoms with Gasteiger partial charge in [0.25, 0.3) is 0 Å². The molecule has 0 bridgehead atoms. The number of fused-ring (bicyclic) bond motifs is 3. The lowest BCUT2D eigenvalue weighted by Gasteiger charge is -2.19. The van der Waals surface area contributed by atoms with Gasteiger partial charge in [-0.15, -0.1) is 22.3 Å². The van der Waals surface area contributed by atoms with Gasteiger partial charge in [-0.1, -0.05) is 155 Å². The quantitative estimate of drug-likeness (QED) is 0.247. The standard InChI is InChI=1S/C45H22B7N3S/c46-34-31(35(47)39(51)41-32(34)33-36(48)37(49)38(50)40(52)42(33)56-41)30-13-7-12-29(22-30)25-16-20-28(21-17-25)45-54-43(26-10-5-2-6-11-26)53-44(55-45)27-18-14-24(15-19-27)23-8-3-1-4-9-23/h1-22H. The molecule has 0 aliphatic rings. The van der Waals surface area contributed by atoms with Crippen molar-refractivity contribution in [1.29, 1.82) is 0 Å². The predicted molar refractivity (Wildman–Crippen MR) is 243 cm³/mol. The van der Waals surface area contributed by atoms with Gasteiger partial charge in [-0.25, -0.2) is 15.0 Å². The maximum atomic E-state index is 6.94. The molecule has 0 fully saturated rings. The van der Waals surface area contributed by atoms with Crippen molar-refractivity contribution in [3.8, 4) is 67.5 Å². The molecule has 2 aromatic heterocycles. The van der Waals surface area contributed by atoms with Gasteiger partial charge in [0.2, 0.25) is 0 Å². The molecule has 244 valence electrons. The Bertz CT molecular complexity index is 2970. The molecule has 0 saturated heterocycles. The Morgan fingerprint density at radius 3 is 1.23 bits per heavy atom. The van der Waals surface area contributed by atoms with Gasteiger partial charge in [0, 0.05) is 26.1 Å². The van der Waals surface area contributed by atoms with E-state index >= 15 is 0 Å². The normalized spacial score (nSPS) is 11.4. The highest BCUT2D eigenvalue weighted by molar-refractivity contribution is 7.28. The minimum absolute atomic E-state index is 0.207. The van der Waals surface area contributed by atoms with E-state index in [0.717, 1.165) is 44.5 Å². The summed E-state index contributed by atoms with van der Waals surface area (Å²) in [6.07, 6.45) is 0. The summed E-state index contributed by atoms with van der Waals surface area (Å²) < 4.78 is 1.34. The van der Waals surface area contributed by atoms with E-state index in [1.54, 1.807) is 0 Å². The topological polar surface area (TPSA) is 38.7 Å². The molecule has 9 rings (SSSR count). The smallest absolute Gasteiger partial charge is 0.164 e. The van der Waals surface area contributed by atoms with Crippen LogP contribution in [-0.2, 0) is 0 Å². The maximum Gasteiger partial charge on any atom is 0.164 e. The lowest BCUT2D eigenvalue weighted by atomic mass is 9.64. The Morgan fingerprint density at radius 1 is 0.304 bits per heavy atom. The van der Waals surface area contributed by atoms with Crippen LogP contribution in [0.2, 0.25) is 0 Å². The van der Waals surface area contributed by atoms with Crippen molar-refractivity contribution >= 4 is 125 Å². The molecule has 0 saturated carbocycles. The molecule has 11 heteroatoms. The summed E-state index contributed by atoms with van der Waals surface area (Å²) in [5, 5.41) is 1.27. The molecule has 0 unspecified atom stereocenters. The fourth-order valence-corrected chi connectivity index (χ4v) is 8.44. The van der Waals surface area contributed by atoms with Crippen LogP contribution in [0, 0.1) is 0 Å². The average Bonchev–Trinajstić information content (AvgIpc) is 3.67. The van der Waals surface area contributed by atoms with Crippen LogP contribution in [0.1, 0.15) is 0 Å². The van der Waals surface area contributed by atoms with Crippen LogP contribution in [0.5, 0.6) is 0 Å². The second-order valence-corrected chi connectivity index (χ2v) is 14.6. The van der Waals surface area contributed by atoms with Gasteiger partial charge >= 0.3 is 0 Å². The zero-order valence-corrected chi connectivity index (χ0v) is 30.8. The summed E-state index contributed by atoms with van der Waals surface area (Å²) in [7, 11) is 45.7. The van der Waals surface area contributed by atoms with Crippen molar-refractivity contribution in [3.05, 3.63) is 133 Å². The molecule has 0 N–H and O–H groups in total. The van der Waals surface area contributed by atoms with Crippen molar-refractivity contribution in [1.82, 2.24) is 15.0 Å². The van der Waals surface area contributed by atoms with E-state index in [9.17, 15) is 0 Å². The largest absolute Gasteiger partial charge is 0.208 e. The second-order valence-electron chi connectivity index (χ2n) is 13.6. The number of nitrogens with zero attached hydrogens (tertiary/aromatic N) is 3. The molecule has 2 heterocycles. The highest BCUT2D eigenvalue weighted by Gasteiger charge is 2.21. The van der Waals surface area contributed by atoms with E-state index in [1.165, 1.54) is 11.3 Å². The molecular formula is C45H22B7N3S. The van der Waals surface area contributed by atoms with Gasteiger partial charge in [0.05, 0.1) is 0 Å². The first-order valence-corrected chi connectivity index (χ1v) is 18.6. The molecule has 0 atom stereocenters. The van der Waals surface area contributed by atoms with Crippen LogP contribution < -0.4 is 38.2 Å². The molecular weight excluding hydrogens is 690 g/mol. The summed E-state index contributed by atoms with van der Waals surface area (Å²) in [4.78, 5) is 14.8. The minimum atomic E-state index is 0.207. The fraction of sp³-hybridized carbons (Fsp3) is 0. The van der Waals surface area contributed by atoms with Crippen molar-refractivity contribution in [2.24, 2.45) is 0 Å². The predicted octanol–water partition coefficient (Wildman–Crippen LogP) is 3.80. The highest BCUT2D eigenvalue weighted by atomic mass is 32.1. The van der Waals surface area contributed by atoms with E-state index in [4.69, 9.17) is 69.9 Å². The summed E-state index contributed by atoms with van der Waals surface area (Å²) in [5.74, 6) is 1.75. The van der Waals surface area contributed by atoms with E-state index < -0.39 is 0 Å². The summed E-state index contributed by atoms with van der Waals surface area (Å²) >= 11 is 1.34. The van der Waals surface area contributed by atoms with Gasteiger partial charge in [-0.3, -0.25) is 0 Å². The van der Waals surface area contributed by atoms with Crippen LogP contribution in [0.15, 0.2) is 133 Å². The van der Waals surface area contributed by atoms with E-state index in [2.05, 4.69) is 24.3 Å². The van der Waals surface area contributed by atoms with E-state index in [0.29, 0.717) is 70.5 Å². The molecule has 7 aromatic carbocycles. The first-order chi connectivity index (χ1) is 27.2. The van der Waals surface area contributed by atoms with Gasteiger partial charge in [0.15, 0.2) is 17.5 Å². The Balaban J connectivity index is 1.10. The zero-order chi connectivity index (χ0) is 38.7. The summed E-state index contributed by atoms with van der Waals surface area (Å²) in [6, 6.07) is 44.6. The molecule has 14 radical (unpaired) electrons. The molecule has 0 aliphatic carbocycles. The molecule has 3 nitrogen and oxygen atoms in total. The van der Waals surface area contributed by atoms with Crippen LogP contribution in [-0.4, -0.2) is 69.9 Å². The zero-order valence-electron chi connectivity index (χ0n) is 30.0. The Labute approximate surface area is 338 Å².